The van der Waals surface area contributed by atoms with Gasteiger partial charge in [0.05, 0.1) is 12.5 Å². The Morgan fingerprint density at radius 3 is 2.92 bits per heavy atom. The molecule has 0 aromatic rings. The van der Waals surface area contributed by atoms with Gasteiger partial charge in [0.1, 0.15) is 0 Å². The lowest BCUT2D eigenvalue weighted by Crippen LogP contribution is -2.41. The lowest BCUT2D eigenvalue weighted by molar-refractivity contribution is -0.138. The number of carboxylic acids is 1. The van der Waals surface area contributed by atoms with E-state index in [0.717, 1.165) is 19.4 Å². The van der Waals surface area contributed by atoms with Crippen LogP contribution < -0.4 is 5.73 Å². The highest BCUT2D eigenvalue weighted by Crippen LogP contribution is 2.22. The number of rotatable bonds is 4. The molecular weight excluding hydrogens is 170 g/mol. The molecular formula is C9H17NO3. The van der Waals surface area contributed by atoms with Gasteiger partial charge in [-0.15, -0.1) is 0 Å². The number of hydrogen-bond acceptors (Lipinski definition) is 3. The second kappa shape index (κ2) is 4.07. The molecule has 4 nitrogen and oxygen atoms in total. The van der Waals surface area contributed by atoms with Crippen LogP contribution in [0.15, 0.2) is 0 Å². The smallest absolute Gasteiger partial charge is 0.305 e. The number of aliphatic carboxylic acids is 1. The van der Waals surface area contributed by atoms with E-state index in [1.165, 1.54) is 0 Å². The summed E-state index contributed by atoms with van der Waals surface area (Å²) in [6, 6.07) is 0. The Balaban J connectivity index is 2.35. The average molecular weight is 187 g/mol. The van der Waals surface area contributed by atoms with Gasteiger partial charge in [-0.1, -0.05) is 0 Å². The molecule has 1 aliphatic rings. The number of ether oxygens (including phenoxy) is 1. The molecule has 0 aromatic heterocycles. The second-order valence-corrected chi connectivity index (χ2v) is 4.06. The molecule has 2 unspecified atom stereocenters. The SMILES string of the molecule is CC(N)(CC(=O)O)CC1CCCO1. The predicted molar refractivity (Wildman–Crippen MR) is 48.4 cm³/mol. The van der Waals surface area contributed by atoms with Gasteiger partial charge < -0.3 is 15.6 Å². The van der Waals surface area contributed by atoms with Crippen LogP contribution in [-0.4, -0.2) is 29.3 Å². The van der Waals surface area contributed by atoms with Crippen molar-refractivity contribution in [3.05, 3.63) is 0 Å². The maximum atomic E-state index is 10.5. The zero-order valence-corrected chi connectivity index (χ0v) is 7.95. The summed E-state index contributed by atoms with van der Waals surface area (Å²) < 4.78 is 5.40. The maximum absolute atomic E-state index is 10.5. The molecule has 0 spiro atoms. The molecule has 76 valence electrons. The summed E-state index contributed by atoms with van der Waals surface area (Å²) >= 11 is 0. The molecule has 1 fully saturated rings. The normalized spacial score (nSPS) is 27.1. The monoisotopic (exact) mass is 187 g/mol. The summed E-state index contributed by atoms with van der Waals surface area (Å²) in [5.74, 6) is -0.844. The average Bonchev–Trinajstić information content (AvgIpc) is 2.34. The van der Waals surface area contributed by atoms with Crippen molar-refractivity contribution in [2.75, 3.05) is 6.61 Å². The highest BCUT2D eigenvalue weighted by atomic mass is 16.5. The third-order valence-electron chi connectivity index (χ3n) is 2.27. The van der Waals surface area contributed by atoms with E-state index in [2.05, 4.69) is 0 Å². The van der Waals surface area contributed by atoms with E-state index in [4.69, 9.17) is 15.6 Å². The minimum Gasteiger partial charge on any atom is -0.481 e. The number of hydrogen-bond donors (Lipinski definition) is 2. The van der Waals surface area contributed by atoms with Crippen molar-refractivity contribution in [1.82, 2.24) is 0 Å². The Morgan fingerprint density at radius 2 is 2.46 bits per heavy atom. The number of carboxylic acid groups (broad SMARTS) is 1. The lowest BCUT2D eigenvalue weighted by atomic mass is 9.91. The standard InChI is InChI=1S/C9H17NO3/c1-9(10,6-8(11)12)5-7-3-2-4-13-7/h7H,2-6,10H2,1H3,(H,11,12). The summed E-state index contributed by atoms with van der Waals surface area (Å²) in [7, 11) is 0. The molecule has 0 radical (unpaired) electrons. The molecule has 0 bridgehead atoms. The zero-order chi connectivity index (χ0) is 9.90. The molecule has 0 aliphatic carbocycles. The van der Waals surface area contributed by atoms with Gasteiger partial charge in [0.2, 0.25) is 0 Å². The van der Waals surface area contributed by atoms with Gasteiger partial charge in [-0.05, 0) is 26.2 Å². The minimum absolute atomic E-state index is 0.00681. The van der Waals surface area contributed by atoms with Crippen LogP contribution in [0, 0.1) is 0 Å². The fourth-order valence-corrected chi connectivity index (χ4v) is 1.74. The first-order valence-electron chi connectivity index (χ1n) is 4.62. The third-order valence-corrected chi connectivity index (χ3v) is 2.27. The molecule has 2 atom stereocenters. The van der Waals surface area contributed by atoms with E-state index >= 15 is 0 Å². The summed E-state index contributed by atoms with van der Waals surface area (Å²) in [5.41, 5.74) is 5.20. The van der Waals surface area contributed by atoms with Crippen LogP contribution in [0.4, 0.5) is 0 Å². The Labute approximate surface area is 78.1 Å². The Hall–Kier alpha value is -0.610. The summed E-state index contributed by atoms with van der Waals surface area (Å²) in [4.78, 5) is 10.5. The van der Waals surface area contributed by atoms with E-state index in [9.17, 15) is 4.79 Å². The fraction of sp³-hybridized carbons (Fsp3) is 0.889. The molecule has 1 rings (SSSR count). The van der Waals surface area contributed by atoms with Gasteiger partial charge in [0.15, 0.2) is 0 Å². The molecule has 1 aliphatic heterocycles. The van der Waals surface area contributed by atoms with E-state index < -0.39 is 11.5 Å². The number of nitrogens with two attached hydrogens (primary N) is 1. The van der Waals surface area contributed by atoms with Crippen LogP contribution in [0.1, 0.15) is 32.6 Å². The van der Waals surface area contributed by atoms with E-state index in [-0.39, 0.29) is 12.5 Å². The van der Waals surface area contributed by atoms with Crippen LogP contribution in [0.3, 0.4) is 0 Å². The molecule has 13 heavy (non-hydrogen) atoms. The lowest BCUT2D eigenvalue weighted by Gasteiger charge is -2.25. The third kappa shape index (κ3) is 3.74. The Kier molecular flexibility index (Phi) is 3.27. The van der Waals surface area contributed by atoms with Crippen molar-refractivity contribution in [3.63, 3.8) is 0 Å². The zero-order valence-electron chi connectivity index (χ0n) is 7.95. The van der Waals surface area contributed by atoms with Crippen molar-refractivity contribution in [2.45, 2.75) is 44.2 Å². The molecule has 0 amide bonds. The van der Waals surface area contributed by atoms with Crippen LogP contribution in [0.2, 0.25) is 0 Å². The first-order chi connectivity index (χ1) is 5.99. The highest BCUT2D eigenvalue weighted by Gasteiger charge is 2.28. The Bertz CT molecular complexity index is 185. The van der Waals surface area contributed by atoms with E-state index in [0.29, 0.717) is 6.42 Å². The first-order valence-corrected chi connectivity index (χ1v) is 4.62. The van der Waals surface area contributed by atoms with Crippen molar-refractivity contribution in [2.24, 2.45) is 5.73 Å². The van der Waals surface area contributed by atoms with Gasteiger partial charge in [-0.25, -0.2) is 0 Å². The second-order valence-electron chi connectivity index (χ2n) is 4.06. The van der Waals surface area contributed by atoms with Crippen LogP contribution >= 0.6 is 0 Å². The summed E-state index contributed by atoms with van der Waals surface area (Å²) in [6.07, 6.45) is 2.88. The van der Waals surface area contributed by atoms with Crippen LogP contribution in [0.25, 0.3) is 0 Å². The fourth-order valence-electron chi connectivity index (χ4n) is 1.74. The van der Waals surface area contributed by atoms with Gasteiger partial charge in [0.25, 0.3) is 0 Å². The van der Waals surface area contributed by atoms with Gasteiger partial charge in [-0.2, -0.15) is 0 Å². The van der Waals surface area contributed by atoms with E-state index in [1.54, 1.807) is 6.92 Å². The van der Waals surface area contributed by atoms with Crippen molar-refractivity contribution in [1.29, 1.82) is 0 Å². The van der Waals surface area contributed by atoms with E-state index in [1.807, 2.05) is 0 Å². The van der Waals surface area contributed by atoms with Crippen molar-refractivity contribution >= 4 is 5.97 Å². The van der Waals surface area contributed by atoms with Crippen molar-refractivity contribution < 1.29 is 14.6 Å². The largest absolute Gasteiger partial charge is 0.481 e. The Morgan fingerprint density at radius 1 is 1.77 bits per heavy atom. The molecule has 1 saturated heterocycles. The molecule has 0 aromatic carbocycles. The summed E-state index contributed by atoms with van der Waals surface area (Å²) in [6.45, 7) is 2.55. The van der Waals surface area contributed by atoms with Gasteiger partial charge >= 0.3 is 5.97 Å². The predicted octanol–water partition coefficient (Wildman–Crippen LogP) is 0.748. The first kappa shape index (κ1) is 10.5. The summed E-state index contributed by atoms with van der Waals surface area (Å²) in [5, 5.41) is 8.60. The maximum Gasteiger partial charge on any atom is 0.305 e. The van der Waals surface area contributed by atoms with Crippen molar-refractivity contribution in [3.8, 4) is 0 Å². The quantitative estimate of drug-likeness (QED) is 0.681. The van der Waals surface area contributed by atoms with Gasteiger partial charge in [0, 0.05) is 12.1 Å². The minimum atomic E-state index is -0.844. The molecule has 4 heteroatoms. The van der Waals surface area contributed by atoms with Crippen LogP contribution in [-0.2, 0) is 9.53 Å². The molecule has 3 N–H and O–H groups in total. The van der Waals surface area contributed by atoms with Crippen LogP contribution in [0.5, 0.6) is 0 Å². The number of carbonyl (C=O) groups is 1. The molecule has 1 heterocycles. The topological polar surface area (TPSA) is 72.6 Å². The highest BCUT2D eigenvalue weighted by molar-refractivity contribution is 5.68. The van der Waals surface area contributed by atoms with Gasteiger partial charge in [-0.3, -0.25) is 4.79 Å². The molecule has 0 saturated carbocycles.